The van der Waals surface area contributed by atoms with Gasteiger partial charge in [-0.2, -0.15) is 13.2 Å². The predicted molar refractivity (Wildman–Crippen MR) is 108 cm³/mol. The summed E-state index contributed by atoms with van der Waals surface area (Å²) in [5.41, 5.74) is -1.15. The van der Waals surface area contributed by atoms with Crippen molar-refractivity contribution in [3.8, 4) is 0 Å². The number of alkyl halides is 3. The van der Waals surface area contributed by atoms with Crippen LogP contribution >= 0.6 is 0 Å². The Morgan fingerprint density at radius 3 is 2.42 bits per heavy atom. The highest BCUT2D eigenvalue weighted by atomic mass is 19.4. The molecular formula is C22H14F3N3O3. The molecule has 0 bridgehead atoms. The standard InChI is InChI=1S/C22H14F3N3O3/c23-22(24,25)15-12-14(26-21(30)19-6-3-11-31-19)8-10-17(15)28-20(29)18-9-7-13-4-1-2-5-16(13)27-18/h1-12H,(H,26,30)(H,28,29). The van der Waals surface area contributed by atoms with Crippen molar-refractivity contribution in [2.24, 2.45) is 0 Å². The van der Waals surface area contributed by atoms with E-state index in [0.717, 1.165) is 17.5 Å². The lowest BCUT2D eigenvalue weighted by atomic mass is 10.1. The van der Waals surface area contributed by atoms with Gasteiger partial charge in [0.1, 0.15) is 5.69 Å². The van der Waals surface area contributed by atoms with E-state index in [2.05, 4.69) is 15.6 Å². The molecule has 2 aromatic carbocycles. The first-order chi connectivity index (χ1) is 14.8. The summed E-state index contributed by atoms with van der Waals surface area (Å²) in [5.74, 6) is -1.53. The average Bonchev–Trinajstić information content (AvgIpc) is 3.29. The van der Waals surface area contributed by atoms with E-state index < -0.39 is 29.2 Å². The Morgan fingerprint density at radius 1 is 0.871 bits per heavy atom. The number of fused-ring (bicyclic) bond motifs is 1. The van der Waals surface area contributed by atoms with Gasteiger partial charge in [-0.15, -0.1) is 0 Å². The second-order valence-electron chi connectivity index (χ2n) is 6.53. The number of amides is 2. The maximum Gasteiger partial charge on any atom is 0.418 e. The van der Waals surface area contributed by atoms with E-state index in [-0.39, 0.29) is 17.1 Å². The molecule has 0 aliphatic heterocycles. The molecule has 6 nitrogen and oxygen atoms in total. The third-order valence-electron chi connectivity index (χ3n) is 4.41. The number of halogens is 3. The zero-order valence-electron chi connectivity index (χ0n) is 15.7. The van der Waals surface area contributed by atoms with Gasteiger partial charge in [-0.1, -0.05) is 24.3 Å². The van der Waals surface area contributed by atoms with Gasteiger partial charge >= 0.3 is 6.18 Å². The highest BCUT2D eigenvalue weighted by Gasteiger charge is 2.34. The van der Waals surface area contributed by atoms with Crippen molar-refractivity contribution in [2.45, 2.75) is 6.18 Å². The van der Waals surface area contributed by atoms with E-state index in [0.29, 0.717) is 5.52 Å². The second kappa shape index (κ2) is 7.94. The number of pyridine rings is 1. The van der Waals surface area contributed by atoms with E-state index in [1.165, 1.54) is 30.5 Å². The minimum absolute atomic E-state index is 0.0259. The number of aromatic nitrogens is 1. The molecule has 0 unspecified atom stereocenters. The SMILES string of the molecule is O=C(Nc1ccc(NC(=O)c2ccco2)cc1C(F)(F)F)c1ccc2ccccc2n1. The quantitative estimate of drug-likeness (QED) is 0.462. The molecule has 2 aromatic heterocycles. The number of para-hydroxylation sites is 1. The van der Waals surface area contributed by atoms with Gasteiger partial charge in [0.05, 0.1) is 23.0 Å². The van der Waals surface area contributed by atoms with E-state index in [4.69, 9.17) is 4.42 Å². The average molecular weight is 425 g/mol. The highest BCUT2D eigenvalue weighted by Crippen LogP contribution is 2.37. The van der Waals surface area contributed by atoms with Crippen molar-refractivity contribution in [3.63, 3.8) is 0 Å². The molecular weight excluding hydrogens is 411 g/mol. The Balaban J connectivity index is 1.60. The maximum absolute atomic E-state index is 13.6. The molecule has 4 aromatic rings. The fourth-order valence-electron chi connectivity index (χ4n) is 2.94. The lowest BCUT2D eigenvalue weighted by Crippen LogP contribution is -2.18. The number of anilines is 2. The first-order valence-electron chi connectivity index (χ1n) is 9.04. The van der Waals surface area contributed by atoms with Crippen LogP contribution in [0.3, 0.4) is 0 Å². The molecule has 0 saturated heterocycles. The van der Waals surface area contributed by atoms with E-state index in [1.807, 2.05) is 12.1 Å². The van der Waals surface area contributed by atoms with Crippen molar-refractivity contribution in [1.29, 1.82) is 0 Å². The Kier molecular flexibility index (Phi) is 5.16. The Bertz CT molecular complexity index is 1270. The first kappa shape index (κ1) is 20.1. The number of benzene rings is 2. The van der Waals surface area contributed by atoms with Crippen LogP contribution < -0.4 is 10.6 Å². The molecule has 0 spiro atoms. The summed E-state index contributed by atoms with van der Waals surface area (Å²) in [7, 11) is 0. The molecule has 4 rings (SSSR count). The number of nitrogens with zero attached hydrogens (tertiary/aromatic N) is 1. The highest BCUT2D eigenvalue weighted by molar-refractivity contribution is 6.05. The van der Waals surface area contributed by atoms with Gasteiger partial charge in [-0.05, 0) is 42.5 Å². The second-order valence-corrected chi connectivity index (χ2v) is 6.53. The normalized spacial score (nSPS) is 11.3. The third kappa shape index (κ3) is 4.40. The summed E-state index contributed by atoms with van der Waals surface area (Å²) in [6.07, 6.45) is -3.50. The van der Waals surface area contributed by atoms with Gasteiger partial charge in [-0.25, -0.2) is 4.98 Å². The summed E-state index contributed by atoms with van der Waals surface area (Å²) < 4.78 is 45.7. The van der Waals surface area contributed by atoms with Crippen LogP contribution in [0.25, 0.3) is 10.9 Å². The zero-order chi connectivity index (χ0) is 22.0. The Morgan fingerprint density at radius 2 is 1.68 bits per heavy atom. The fourth-order valence-corrected chi connectivity index (χ4v) is 2.94. The lowest BCUT2D eigenvalue weighted by molar-refractivity contribution is -0.136. The Hall–Kier alpha value is -4.14. The van der Waals surface area contributed by atoms with Crippen LogP contribution in [0.4, 0.5) is 24.5 Å². The molecule has 0 fully saturated rings. The summed E-state index contributed by atoms with van der Waals surface area (Å²) >= 11 is 0. The minimum atomic E-state index is -4.77. The van der Waals surface area contributed by atoms with Crippen molar-refractivity contribution < 1.29 is 27.2 Å². The van der Waals surface area contributed by atoms with Crippen LogP contribution in [0.1, 0.15) is 26.6 Å². The van der Waals surface area contributed by atoms with Crippen LogP contribution in [-0.2, 0) is 6.18 Å². The monoisotopic (exact) mass is 425 g/mol. The number of carbonyl (C=O) groups excluding carboxylic acids is 2. The summed E-state index contributed by atoms with van der Waals surface area (Å²) in [4.78, 5) is 28.7. The molecule has 2 amide bonds. The van der Waals surface area contributed by atoms with Crippen LogP contribution in [0.15, 0.2) is 77.4 Å². The van der Waals surface area contributed by atoms with Crippen molar-refractivity contribution in [2.75, 3.05) is 10.6 Å². The fraction of sp³-hybridized carbons (Fsp3) is 0.0455. The molecule has 0 atom stereocenters. The molecule has 0 radical (unpaired) electrons. The largest absolute Gasteiger partial charge is 0.459 e. The van der Waals surface area contributed by atoms with E-state index >= 15 is 0 Å². The zero-order valence-corrected chi connectivity index (χ0v) is 15.7. The van der Waals surface area contributed by atoms with Crippen molar-refractivity contribution in [3.05, 3.63) is 90.0 Å². The van der Waals surface area contributed by atoms with E-state index in [1.54, 1.807) is 18.2 Å². The topological polar surface area (TPSA) is 84.2 Å². The number of hydrogen-bond donors (Lipinski definition) is 2. The molecule has 2 N–H and O–H groups in total. The summed E-state index contributed by atoms with van der Waals surface area (Å²) in [6.45, 7) is 0. The maximum atomic E-state index is 13.6. The number of hydrogen-bond acceptors (Lipinski definition) is 4. The number of rotatable bonds is 4. The van der Waals surface area contributed by atoms with Crippen LogP contribution in [0.5, 0.6) is 0 Å². The molecule has 0 aliphatic carbocycles. The third-order valence-corrected chi connectivity index (χ3v) is 4.41. The smallest absolute Gasteiger partial charge is 0.418 e. The number of furan rings is 1. The summed E-state index contributed by atoms with van der Waals surface area (Å²) in [6, 6.07) is 16.1. The van der Waals surface area contributed by atoms with Crippen molar-refractivity contribution >= 4 is 34.1 Å². The lowest BCUT2D eigenvalue weighted by Gasteiger charge is -2.15. The molecule has 156 valence electrons. The van der Waals surface area contributed by atoms with Crippen LogP contribution in [-0.4, -0.2) is 16.8 Å². The molecule has 0 aliphatic rings. The Labute approximate surface area is 173 Å². The summed E-state index contributed by atoms with van der Waals surface area (Å²) in [5, 5.41) is 5.38. The van der Waals surface area contributed by atoms with Crippen LogP contribution in [0.2, 0.25) is 0 Å². The number of nitrogens with one attached hydrogen (secondary N) is 2. The van der Waals surface area contributed by atoms with Gasteiger partial charge in [0.2, 0.25) is 0 Å². The van der Waals surface area contributed by atoms with E-state index in [9.17, 15) is 22.8 Å². The number of carbonyl (C=O) groups is 2. The molecule has 9 heteroatoms. The molecule has 0 saturated carbocycles. The van der Waals surface area contributed by atoms with Crippen molar-refractivity contribution in [1.82, 2.24) is 4.98 Å². The van der Waals surface area contributed by atoms with Gasteiger partial charge in [0.15, 0.2) is 5.76 Å². The van der Waals surface area contributed by atoms with Gasteiger partial charge in [-0.3, -0.25) is 9.59 Å². The molecule has 31 heavy (non-hydrogen) atoms. The minimum Gasteiger partial charge on any atom is -0.459 e. The van der Waals surface area contributed by atoms with Gasteiger partial charge in [0, 0.05) is 11.1 Å². The molecule has 2 heterocycles. The van der Waals surface area contributed by atoms with Gasteiger partial charge < -0.3 is 15.1 Å². The first-order valence-corrected chi connectivity index (χ1v) is 9.04. The predicted octanol–water partition coefficient (Wildman–Crippen LogP) is 5.35. The van der Waals surface area contributed by atoms with Crippen LogP contribution in [0, 0.1) is 0 Å². The van der Waals surface area contributed by atoms with Gasteiger partial charge in [0.25, 0.3) is 11.8 Å².